The number of hydrogen-bond acceptors (Lipinski definition) is 0. The fraction of sp³-hybridized carbons (Fsp3) is 0.143. The van der Waals surface area contributed by atoms with Gasteiger partial charge in [0.05, 0.1) is 0 Å². The van der Waals surface area contributed by atoms with Crippen molar-refractivity contribution in [3.05, 3.63) is 107 Å². The molecule has 0 heteroatoms. The molecule has 0 aliphatic carbocycles. The van der Waals surface area contributed by atoms with Gasteiger partial charge in [-0.15, -0.1) is 0 Å². The first-order chi connectivity index (χ1) is 13.6. The Morgan fingerprint density at radius 1 is 0.786 bits per heavy atom. The smallest absolute Gasteiger partial charge is 0.00733 e. The lowest BCUT2D eigenvalue weighted by Crippen LogP contribution is -1.99. The quantitative estimate of drug-likeness (QED) is 0.344. The van der Waals surface area contributed by atoms with Crippen molar-refractivity contribution in [3.8, 4) is 0 Å². The van der Waals surface area contributed by atoms with Gasteiger partial charge in [-0.1, -0.05) is 86.3 Å². The van der Waals surface area contributed by atoms with Gasteiger partial charge in [-0.25, -0.2) is 0 Å². The van der Waals surface area contributed by atoms with Crippen LogP contribution < -0.4 is 0 Å². The van der Waals surface area contributed by atoms with Crippen LogP contribution >= 0.6 is 0 Å². The maximum Gasteiger partial charge on any atom is 0.00733 e. The minimum absolute atomic E-state index is 0.308. The van der Waals surface area contributed by atoms with E-state index in [1.165, 1.54) is 49.4 Å². The third-order valence-electron chi connectivity index (χ3n) is 5.79. The van der Waals surface area contributed by atoms with Crippen LogP contribution in [0.5, 0.6) is 0 Å². The minimum atomic E-state index is 0.308. The van der Waals surface area contributed by atoms with Gasteiger partial charge in [-0.3, -0.25) is 0 Å². The van der Waals surface area contributed by atoms with E-state index >= 15 is 0 Å². The first-order valence-corrected chi connectivity index (χ1v) is 9.94. The molecule has 0 spiro atoms. The van der Waals surface area contributed by atoms with E-state index in [1.807, 2.05) is 6.08 Å². The zero-order valence-corrected chi connectivity index (χ0v) is 16.9. The van der Waals surface area contributed by atoms with E-state index in [4.69, 9.17) is 0 Å². The van der Waals surface area contributed by atoms with Gasteiger partial charge in [-0.05, 0) is 75.3 Å². The minimum Gasteiger partial charge on any atom is -0.0984 e. The molecule has 0 aromatic heterocycles. The summed E-state index contributed by atoms with van der Waals surface area (Å²) < 4.78 is 0. The van der Waals surface area contributed by atoms with E-state index in [0.29, 0.717) is 5.92 Å². The van der Waals surface area contributed by atoms with Crippen molar-refractivity contribution in [3.63, 3.8) is 0 Å². The predicted octanol–water partition coefficient (Wildman–Crippen LogP) is 8.13. The largest absolute Gasteiger partial charge is 0.0984 e. The molecule has 0 amide bonds. The zero-order chi connectivity index (χ0) is 19.7. The first-order valence-electron chi connectivity index (χ1n) is 9.94. The molecular formula is C28H26. The molecule has 0 saturated carbocycles. The van der Waals surface area contributed by atoms with E-state index in [2.05, 4.69) is 106 Å². The Morgan fingerprint density at radius 2 is 1.54 bits per heavy atom. The van der Waals surface area contributed by atoms with E-state index in [0.717, 1.165) is 0 Å². The van der Waals surface area contributed by atoms with Crippen molar-refractivity contribution in [2.45, 2.75) is 26.7 Å². The van der Waals surface area contributed by atoms with Crippen LogP contribution in [0, 0.1) is 6.92 Å². The maximum absolute atomic E-state index is 3.99. The second kappa shape index (κ2) is 7.48. The molecule has 0 heterocycles. The molecule has 0 saturated heterocycles. The molecule has 1 atom stereocenters. The molecular weight excluding hydrogens is 336 g/mol. The van der Waals surface area contributed by atoms with Crippen LogP contribution in [0.25, 0.3) is 33.7 Å². The van der Waals surface area contributed by atoms with Crippen LogP contribution in [-0.2, 0) is 0 Å². The standard InChI is InChI=1S/C28H26/c1-5-10-22-18-28-23(17-21(22)6-2)11-9-14-25(28)20(4)26-16-15-19(3)24-12-7-8-13-27(24)26/h5-18,20H,2H2,1,3-4H3/b10-5-. The summed E-state index contributed by atoms with van der Waals surface area (Å²) in [6.45, 7) is 10.6. The van der Waals surface area contributed by atoms with Crippen molar-refractivity contribution in [1.82, 2.24) is 0 Å². The Bertz CT molecular complexity index is 1210. The molecule has 4 aromatic carbocycles. The van der Waals surface area contributed by atoms with Gasteiger partial charge in [0, 0.05) is 5.92 Å². The number of rotatable bonds is 4. The Balaban J connectivity index is 1.96. The Hall–Kier alpha value is -3.12. The Morgan fingerprint density at radius 3 is 2.29 bits per heavy atom. The van der Waals surface area contributed by atoms with Gasteiger partial charge in [0.1, 0.15) is 0 Å². The SMILES string of the molecule is C=Cc1cc2cccc(C(C)c3ccc(C)c4ccccc34)c2cc1/C=C\C. The topological polar surface area (TPSA) is 0 Å². The van der Waals surface area contributed by atoms with Crippen LogP contribution in [-0.4, -0.2) is 0 Å². The number of hydrogen-bond donors (Lipinski definition) is 0. The van der Waals surface area contributed by atoms with Crippen molar-refractivity contribution < 1.29 is 0 Å². The fourth-order valence-corrected chi connectivity index (χ4v) is 4.28. The molecule has 28 heavy (non-hydrogen) atoms. The highest BCUT2D eigenvalue weighted by atomic mass is 14.2. The summed E-state index contributed by atoms with van der Waals surface area (Å²) in [6.07, 6.45) is 6.20. The molecule has 4 aromatic rings. The molecule has 4 rings (SSSR count). The van der Waals surface area contributed by atoms with E-state index < -0.39 is 0 Å². The summed E-state index contributed by atoms with van der Waals surface area (Å²) >= 11 is 0. The molecule has 0 fully saturated rings. The summed E-state index contributed by atoms with van der Waals surface area (Å²) in [5.41, 5.74) is 6.48. The molecule has 0 bridgehead atoms. The molecule has 0 nitrogen and oxygen atoms in total. The summed E-state index contributed by atoms with van der Waals surface area (Å²) in [7, 11) is 0. The van der Waals surface area contributed by atoms with Crippen molar-refractivity contribution >= 4 is 33.7 Å². The number of benzene rings is 4. The lowest BCUT2D eigenvalue weighted by Gasteiger charge is -2.19. The van der Waals surface area contributed by atoms with Crippen molar-refractivity contribution in [2.75, 3.05) is 0 Å². The Labute approximate surface area is 167 Å². The van der Waals surface area contributed by atoms with Gasteiger partial charge in [0.15, 0.2) is 0 Å². The number of fused-ring (bicyclic) bond motifs is 2. The highest BCUT2D eigenvalue weighted by molar-refractivity contribution is 5.93. The van der Waals surface area contributed by atoms with Crippen LogP contribution in [0.3, 0.4) is 0 Å². The second-order valence-electron chi connectivity index (χ2n) is 7.49. The van der Waals surface area contributed by atoms with Crippen LogP contribution in [0.1, 0.15) is 47.6 Å². The second-order valence-corrected chi connectivity index (χ2v) is 7.49. The molecule has 1 unspecified atom stereocenters. The third-order valence-corrected chi connectivity index (χ3v) is 5.79. The van der Waals surface area contributed by atoms with Crippen molar-refractivity contribution in [2.24, 2.45) is 0 Å². The fourth-order valence-electron chi connectivity index (χ4n) is 4.28. The molecule has 0 aliphatic heterocycles. The highest BCUT2D eigenvalue weighted by Gasteiger charge is 2.16. The number of allylic oxidation sites excluding steroid dienone is 1. The summed E-state index contributed by atoms with van der Waals surface area (Å²) in [6, 6.07) is 24.5. The number of aryl methyl sites for hydroxylation is 1. The normalized spacial score (nSPS) is 12.7. The molecule has 138 valence electrons. The molecule has 0 N–H and O–H groups in total. The van der Waals surface area contributed by atoms with Gasteiger partial charge < -0.3 is 0 Å². The van der Waals surface area contributed by atoms with E-state index in [9.17, 15) is 0 Å². The Kier molecular flexibility index (Phi) is 4.88. The maximum atomic E-state index is 3.99. The summed E-state index contributed by atoms with van der Waals surface area (Å²) in [4.78, 5) is 0. The van der Waals surface area contributed by atoms with Crippen LogP contribution in [0.15, 0.2) is 79.4 Å². The molecule has 0 radical (unpaired) electrons. The van der Waals surface area contributed by atoms with Crippen LogP contribution in [0.2, 0.25) is 0 Å². The average molecular weight is 363 g/mol. The lowest BCUT2D eigenvalue weighted by molar-refractivity contribution is 0.943. The van der Waals surface area contributed by atoms with Crippen molar-refractivity contribution in [1.29, 1.82) is 0 Å². The van der Waals surface area contributed by atoms with Gasteiger partial charge in [-0.2, -0.15) is 0 Å². The van der Waals surface area contributed by atoms with E-state index in [1.54, 1.807) is 0 Å². The average Bonchev–Trinajstić information content (AvgIpc) is 2.73. The van der Waals surface area contributed by atoms with E-state index in [-0.39, 0.29) is 0 Å². The first kappa shape index (κ1) is 18.3. The van der Waals surface area contributed by atoms with Crippen LogP contribution in [0.4, 0.5) is 0 Å². The third kappa shape index (κ3) is 3.05. The van der Waals surface area contributed by atoms with Gasteiger partial charge in [0.25, 0.3) is 0 Å². The van der Waals surface area contributed by atoms with Gasteiger partial charge in [0.2, 0.25) is 0 Å². The monoisotopic (exact) mass is 362 g/mol. The molecule has 0 aliphatic rings. The predicted molar refractivity (Wildman–Crippen MR) is 125 cm³/mol. The highest BCUT2D eigenvalue weighted by Crippen LogP contribution is 2.36. The van der Waals surface area contributed by atoms with Gasteiger partial charge >= 0.3 is 0 Å². The summed E-state index contributed by atoms with van der Waals surface area (Å²) in [5, 5.41) is 5.28. The summed E-state index contributed by atoms with van der Waals surface area (Å²) in [5.74, 6) is 0.308. The lowest BCUT2D eigenvalue weighted by atomic mass is 9.85. The zero-order valence-electron chi connectivity index (χ0n) is 16.9.